The number of hydrogen-bond acceptors (Lipinski definition) is 4. The van der Waals surface area contributed by atoms with Gasteiger partial charge in [0.05, 0.1) is 14.2 Å². The summed E-state index contributed by atoms with van der Waals surface area (Å²) in [4.78, 5) is 19.7. The molecule has 4 heteroatoms. The monoisotopic (exact) mass is 308 g/mol. The Hall–Kier alpha value is -1.58. The average Bonchev–Trinajstić information content (AvgIpc) is 3.27. The smallest absolute Gasteiger partial charge is 0.329 e. The highest BCUT2D eigenvalue weighted by atomic mass is 16.5. The van der Waals surface area contributed by atoms with Gasteiger partial charge in [-0.2, -0.15) is 0 Å². The van der Waals surface area contributed by atoms with Gasteiger partial charge in [0.15, 0.2) is 0 Å². The summed E-state index contributed by atoms with van der Waals surface area (Å²) in [6.45, 7) is 6.31. The van der Waals surface area contributed by atoms with Gasteiger partial charge in [0.1, 0.15) is 0 Å². The van der Waals surface area contributed by atoms with E-state index in [2.05, 4.69) is 22.6 Å². The molecular formula is C18H28O4. The first kappa shape index (κ1) is 18.5. The Balaban J connectivity index is 0.000000179. The summed E-state index contributed by atoms with van der Waals surface area (Å²) in [5.41, 5.74) is 0. The molecule has 0 saturated heterocycles. The first-order valence-corrected chi connectivity index (χ1v) is 7.98. The molecule has 3 rings (SSSR count). The minimum Gasteiger partial charge on any atom is -0.466 e. The van der Waals surface area contributed by atoms with Crippen LogP contribution in [0.3, 0.4) is 0 Å². The minimum absolute atomic E-state index is 0.394. The van der Waals surface area contributed by atoms with Crippen molar-refractivity contribution >= 4 is 11.9 Å². The summed E-state index contributed by atoms with van der Waals surface area (Å²) in [6.07, 6.45) is 11.8. The van der Waals surface area contributed by atoms with Crippen LogP contribution in [0.2, 0.25) is 0 Å². The van der Waals surface area contributed by atoms with Crippen molar-refractivity contribution < 1.29 is 19.1 Å². The molecule has 4 atom stereocenters. The van der Waals surface area contributed by atoms with Crippen LogP contribution in [-0.4, -0.2) is 26.2 Å². The Morgan fingerprint density at radius 3 is 1.55 bits per heavy atom. The molecule has 22 heavy (non-hydrogen) atoms. The van der Waals surface area contributed by atoms with Crippen molar-refractivity contribution in [1.82, 2.24) is 0 Å². The maximum atomic E-state index is 9.84. The van der Waals surface area contributed by atoms with Gasteiger partial charge in [0, 0.05) is 12.2 Å². The second kappa shape index (κ2) is 9.44. The molecule has 3 saturated carbocycles. The molecule has 0 spiro atoms. The van der Waals surface area contributed by atoms with Crippen molar-refractivity contribution in [3.8, 4) is 0 Å². The van der Waals surface area contributed by atoms with E-state index in [1.54, 1.807) is 38.5 Å². The fourth-order valence-electron chi connectivity index (χ4n) is 4.19. The van der Waals surface area contributed by atoms with Gasteiger partial charge >= 0.3 is 11.9 Å². The van der Waals surface area contributed by atoms with E-state index < -0.39 is 11.9 Å². The lowest BCUT2D eigenvalue weighted by atomic mass is 9.82. The van der Waals surface area contributed by atoms with E-state index in [9.17, 15) is 9.59 Å². The summed E-state index contributed by atoms with van der Waals surface area (Å²) < 4.78 is 8.28. The topological polar surface area (TPSA) is 52.6 Å². The second-order valence-corrected chi connectivity index (χ2v) is 6.05. The maximum Gasteiger partial charge on any atom is 0.329 e. The van der Waals surface area contributed by atoms with Crippen LogP contribution in [0.15, 0.2) is 25.3 Å². The first-order valence-electron chi connectivity index (χ1n) is 7.98. The molecule has 0 aromatic rings. The quantitative estimate of drug-likeness (QED) is 0.578. The van der Waals surface area contributed by atoms with Gasteiger partial charge in [0.25, 0.3) is 0 Å². The van der Waals surface area contributed by atoms with Gasteiger partial charge in [-0.15, -0.1) is 0 Å². The van der Waals surface area contributed by atoms with Crippen LogP contribution in [0.1, 0.15) is 38.5 Å². The normalized spacial score (nSPS) is 29.9. The highest BCUT2D eigenvalue weighted by Crippen LogP contribution is 2.58. The van der Waals surface area contributed by atoms with Gasteiger partial charge in [0.2, 0.25) is 0 Å². The highest BCUT2D eigenvalue weighted by Gasteiger charge is 2.48. The zero-order valence-corrected chi connectivity index (χ0v) is 13.8. The Morgan fingerprint density at radius 2 is 1.27 bits per heavy atom. The van der Waals surface area contributed by atoms with E-state index in [4.69, 9.17) is 0 Å². The Labute approximate surface area is 133 Å². The fourth-order valence-corrected chi connectivity index (χ4v) is 4.19. The third-order valence-corrected chi connectivity index (χ3v) is 5.09. The van der Waals surface area contributed by atoms with E-state index in [0.29, 0.717) is 0 Å². The van der Waals surface area contributed by atoms with Crippen LogP contribution in [0.5, 0.6) is 0 Å². The molecule has 2 bridgehead atoms. The van der Waals surface area contributed by atoms with Crippen molar-refractivity contribution in [3.05, 3.63) is 25.3 Å². The molecule has 0 aliphatic heterocycles. The predicted molar refractivity (Wildman–Crippen MR) is 86.1 cm³/mol. The number of rotatable bonds is 2. The molecule has 3 aliphatic carbocycles. The molecule has 0 heterocycles. The molecule has 124 valence electrons. The number of methoxy groups -OCH3 is 2. The number of fused-ring (bicyclic) bond motifs is 5. The van der Waals surface area contributed by atoms with E-state index in [0.717, 1.165) is 12.2 Å². The molecular weight excluding hydrogens is 280 g/mol. The molecule has 3 fully saturated rings. The lowest BCUT2D eigenvalue weighted by Crippen LogP contribution is -2.15. The molecule has 0 N–H and O–H groups in total. The highest BCUT2D eigenvalue weighted by molar-refractivity contribution is 5.81. The second-order valence-electron chi connectivity index (χ2n) is 6.05. The molecule has 0 aromatic heterocycles. The van der Waals surface area contributed by atoms with Gasteiger partial charge in [-0.1, -0.05) is 19.6 Å². The van der Waals surface area contributed by atoms with Gasteiger partial charge in [-0.25, -0.2) is 9.59 Å². The molecule has 3 aliphatic rings. The first-order chi connectivity index (χ1) is 10.6. The number of carbonyl (C=O) groups excluding carboxylic acids is 2. The minimum atomic E-state index is -0.394. The number of hydrogen-bond donors (Lipinski definition) is 0. The van der Waals surface area contributed by atoms with Crippen molar-refractivity contribution in [2.24, 2.45) is 23.7 Å². The van der Waals surface area contributed by atoms with E-state index >= 15 is 0 Å². The average molecular weight is 308 g/mol. The largest absolute Gasteiger partial charge is 0.466 e. The zero-order valence-electron chi connectivity index (χ0n) is 13.8. The molecule has 0 radical (unpaired) electrons. The number of esters is 2. The molecule has 0 amide bonds. The van der Waals surface area contributed by atoms with Crippen LogP contribution in [0.25, 0.3) is 0 Å². The third kappa shape index (κ3) is 5.00. The third-order valence-electron chi connectivity index (χ3n) is 5.09. The Kier molecular flexibility index (Phi) is 7.92. The van der Waals surface area contributed by atoms with Crippen molar-refractivity contribution in [2.75, 3.05) is 14.2 Å². The van der Waals surface area contributed by atoms with Crippen molar-refractivity contribution in [3.63, 3.8) is 0 Å². The summed E-state index contributed by atoms with van der Waals surface area (Å²) >= 11 is 0. The summed E-state index contributed by atoms with van der Waals surface area (Å²) in [6, 6.07) is 0. The molecule has 4 nitrogen and oxygen atoms in total. The predicted octanol–water partition coefficient (Wildman–Crippen LogP) is 3.52. The van der Waals surface area contributed by atoms with Gasteiger partial charge in [-0.05, 0) is 55.8 Å². The van der Waals surface area contributed by atoms with Gasteiger partial charge < -0.3 is 9.47 Å². The Morgan fingerprint density at radius 1 is 0.864 bits per heavy atom. The SMILES string of the molecule is C1CC2C3CCC(C3)C2C1.C=CC(=O)OC.C=CC(=O)OC. The van der Waals surface area contributed by atoms with Crippen LogP contribution >= 0.6 is 0 Å². The maximum absolute atomic E-state index is 9.84. The van der Waals surface area contributed by atoms with Crippen LogP contribution in [0, 0.1) is 23.7 Å². The van der Waals surface area contributed by atoms with E-state index in [-0.39, 0.29) is 0 Å². The van der Waals surface area contributed by atoms with E-state index in [1.807, 2.05) is 0 Å². The van der Waals surface area contributed by atoms with Crippen LogP contribution in [-0.2, 0) is 19.1 Å². The van der Waals surface area contributed by atoms with Gasteiger partial charge in [-0.3, -0.25) is 0 Å². The molecule has 4 unspecified atom stereocenters. The van der Waals surface area contributed by atoms with Crippen molar-refractivity contribution in [2.45, 2.75) is 38.5 Å². The summed E-state index contributed by atoms with van der Waals surface area (Å²) in [7, 11) is 2.62. The zero-order chi connectivity index (χ0) is 16.5. The van der Waals surface area contributed by atoms with Crippen LogP contribution < -0.4 is 0 Å². The standard InChI is InChI=1S/C10H16.2C4H6O2/c1-2-9-7-4-5-8(6-7)10(9)3-1;2*1-3-4(5)6-2/h7-10H,1-6H2;2*3H,1H2,2H3. The summed E-state index contributed by atoms with van der Waals surface area (Å²) in [5.74, 6) is 4.01. The number of ether oxygens (including phenoxy) is 2. The Bertz CT molecular complexity index is 366. The summed E-state index contributed by atoms with van der Waals surface area (Å²) in [5, 5.41) is 0. The molecule has 0 aromatic carbocycles. The lowest BCUT2D eigenvalue weighted by Gasteiger charge is -2.23. The fraction of sp³-hybridized carbons (Fsp3) is 0.667. The van der Waals surface area contributed by atoms with Crippen molar-refractivity contribution in [1.29, 1.82) is 0 Å². The number of carbonyl (C=O) groups is 2. The van der Waals surface area contributed by atoms with Crippen LogP contribution in [0.4, 0.5) is 0 Å². The van der Waals surface area contributed by atoms with E-state index in [1.165, 1.54) is 37.9 Å². The lowest BCUT2D eigenvalue weighted by molar-refractivity contribution is -0.135.